The van der Waals surface area contributed by atoms with Gasteiger partial charge in [0.15, 0.2) is 0 Å². The van der Waals surface area contributed by atoms with E-state index in [0.717, 1.165) is 18.4 Å². The van der Waals surface area contributed by atoms with Crippen LogP contribution in [0.5, 0.6) is 0 Å². The zero-order valence-corrected chi connectivity index (χ0v) is 12.2. The number of halogens is 1. The van der Waals surface area contributed by atoms with Crippen molar-refractivity contribution in [1.82, 2.24) is 4.72 Å². The fourth-order valence-electron chi connectivity index (χ4n) is 1.57. The molecule has 0 bridgehead atoms. The zero-order chi connectivity index (χ0) is 13.8. The van der Waals surface area contributed by atoms with Crippen LogP contribution >= 0.6 is 11.6 Å². The van der Waals surface area contributed by atoms with Crippen LogP contribution in [0.4, 0.5) is 0 Å². The summed E-state index contributed by atoms with van der Waals surface area (Å²) in [4.78, 5) is 0.121. The summed E-state index contributed by atoms with van der Waals surface area (Å²) in [6, 6.07) is 4.77. The molecule has 3 N–H and O–H groups in total. The van der Waals surface area contributed by atoms with Crippen LogP contribution in [0.1, 0.15) is 25.8 Å². The summed E-state index contributed by atoms with van der Waals surface area (Å²) in [6.07, 6.45) is 1.78. The Bertz CT molecular complexity index is 503. The highest BCUT2D eigenvalue weighted by atomic mass is 35.5. The number of nitrogens with one attached hydrogen (secondary N) is 1. The second kappa shape index (κ2) is 6.52. The van der Waals surface area contributed by atoms with Gasteiger partial charge in [-0.1, -0.05) is 31.0 Å². The molecular weight excluding hydrogens is 272 g/mol. The molecule has 0 saturated heterocycles. The van der Waals surface area contributed by atoms with Gasteiger partial charge in [-0.15, -0.1) is 0 Å². The van der Waals surface area contributed by atoms with E-state index in [0.29, 0.717) is 0 Å². The number of nitrogens with two attached hydrogens (primary N) is 1. The molecule has 0 aromatic heterocycles. The van der Waals surface area contributed by atoms with Gasteiger partial charge in [-0.25, -0.2) is 13.1 Å². The minimum absolute atomic E-state index is 0.121. The van der Waals surface area contributed by atoms with Crippen LogP contribution in [0.25, 0.3) is 0 Å². The third kappa shape index (κ3) is 3.95. The first-order chi connectivity index (χ1) is 8.40. The van der Waals surface area contributed by atoms with Gasteiger partial charge in [-0.2, -0.15) is 0 Å². The van der Waals surface area contributed by atoms with Gasteiger partial charge in [0.05, 0.1) is 5.02 Å². The highest BCUT2D eigenvalue weighted by Gasteiger charge is 2.20. The Morgan fingerprint density at radius 1 is 1.44 bits per heavy atom. The Labute approximate surface area is 114 Å². The lowest BCUT2D eigenvalue weighted by molar-refractivity contribution is 0.562. The van der Waals surface area contributed by atoms with Crippen molar-refractivity contribution < 1.29 is 8.42 Å². The molecule has 1 atom stereocenters. The molecule has 0 aliphatic carbocycles. The van der Waals surface area contributed by atoms with Crippen LogP contribution in [-0.4, -0.2) is 21.0 Å². The van der Waals surface area contributed by atoms with Crippen molar-refractivity contribution in [3.8, 4) is 0 Å². The average Bonchev–Trinajstić information content (AvgIpc) is 2.31. The second-order valence-electron chi connectivity index (χ2n) is 4.27. The van der Waals surface area contributed by atoms with Gasteiger partial charge in [0.25, 0.3) is 0 Å². The van der Waals surface area contributed by atoms with Gasteiger partial charge >= 0.3 is 0 Å². The molecule has 102 valence electrons. The van der Waals surface area contributed by atoms with Crippen LogP contribution in [-0.2, 0) is 16.4 Å². The van der Waals surface area contributed by atoms with Crippen molar-refractivity contribution in [2.45, 2.75) is 37.6 Å². The Morgan fingerprint density at radius 3 is 2.67 bits per heavy atom. The number of hydrogen-bond donors (Lipinski definition) is 2. The van der Waals surface area contributed by atoms with Crippen LogP contribution in [0, 0.1) is 0 Å². The Balaban J connectivity index is 3.10. The standard InChI is InChI=1S/C12H19ClN2O2S/c1-3-4-10-5-6-11(13)12(7-10)18(16,17)15-9(2)8-14/h5-7,9,15H,3-4,8,14H2,1-2H3/t9-/m0/s1. The van der Waals surface area contributed by atoms with Gasteiger partial charge in [0, 0.05) is 12.6 Å². The number of sulfonamides is 1. The number of rotatable bonds is 6. The monoisotopic (exact) mass is 290 g/mol. The highest BCUT2D eigenvalue weighted by Crippen LogP contribution is 2.23. The lowest BCUT2D eigenvalue weighted by Crippen LogP contribution is -2.37. The summed E-state index contributed by atoms with van der Waals surface area (Å²) in [5, 5.41) is 0.228. The van der Waals surface area contributed by atoms with E-state index in [1.165, 1.54) is 0 Å². The van der Waals surface area contributed by atoms with Crippen molar-refractivity contribution in [3.05, 3.63) is 28.8 Å². The van der Waals surface area contributed by atoms with Crippen molar-refractivity contribution >= 4 is 21.6 Å². The molecule has 1 aromatic rings. The van der Waals surface area contributed by atoms with E-state index in [1.54, 1.807) is 19.1 Å². The van der Waals surface area contributed by atoms with E-state index >= 15 is 0 Å². The fourth-order valence-corrected chi connectivity index (χ4v) is 3.38. The molecule has 18 heavy (non-hydrogen) atoms. The van der Waals surface area contributed by atoms with E-state index in [4.69, 9.17) is 17.3 Å². The van der Waals surface area contributed by atoms with Gasteiger partial charge in [-0.05, 0) is 31.0 Å². The molecule has 0 unspecified atom stereocenters. The molecule has 0 aliphatic rings. The van der Waals surface area contributed by atoms with Gasteiger partial charge in [-0.3, -0.25) is 0 Å². The normalized spacial score (nSPS) is 13.6. The average molecular weight is 291 g/mol. The number of benzene rings is 1. The van der Waals surface area contributed by atoms with E-state index in [9.17, 15) is 8.42 Å². The molecule has 4 nitrogen and oxygen atoms in total. The van der Waals surface area contributed by atoms with Gasteiger partial charge in [0.2, 0.25) is 10.0 Å². The highest BCUT2D eigenvalue weighted by molar-refractivity contribution is 7.89. The molecule has 0 fully saturated rings. The minimum Gasteiger partial charge on any atom is -0.329 e. The molecule has 6 heteroatoms. The molecule has 1 rings (SSSR count). The summed E-state index contributed by atoms with van der Waals surface area (Å²) in [5.74, 6) is 0. The first-order valence-electron chi connectivity index (χ1n) is 5.91. The molecule has 0 saturated carbocycles. The lowest BCUT2D eigenvalue weighted by Gasteiger charge is -2.13. The maximum Gasteiger partial charge on any atom is 0.242 e. The van der Waals surface area contributed by atoms with E-state index < -0.39 is 10.0 Å². The van der Waals surface area contributed by atoms with Crippen molar-refractivity contribution in [2.75, 3.05) is 6.54 Å². The lowest BCUT2D eigenvalue weighted by atomic mass is 10.1. The summed E-state index contributed by atoms with van der Waals surface area (Å²) < 4.78 is 26.8. The molecule has 0 amide bonds. The SMILES string of the molecule is CCCc1ccc(Cl)c(S(=O)(=O)N[C@@H](C)CN)c1. The van der Waals surface area contributed by atoms with Crippen molar-refractivity contribution in [1.29, 1.82) is 0 Å². The molecule has 0 aliphatic heterocycles. The molecule has 1 aromatic carbocycles. The summed E-state index contributed by atoms with van der Waals surface area (Å²) >= 11 is 5.96. The molecular formula is C12H19ClN2O2S. The quantitative estimate of drug-likeness (QED) is 0.841. The number of hydrogen-bond acceptors (Lipinski definition) is 3. The van der Waals surface area contributed by atoms with Crippen molar-refractivity contribution in [3.63, 3.8) is 0 Å². The topological polar surface area (TPSA) is 72.2 Å². The van der Waals surface area contributed by atoms with E-state index in [1.807, 2.05) is 13.0 Å². The molecule has 0 radical (unpaired) electrons. The van der Waals surface area contributed by atoms with Gasteiger partial charge < -0.3 is 5.73 Å². The number of aryl methyl sites for hydroxylation is 1. The zero-order valence-electron chi connectivity index (χ0n) is 10.6. The van der Waals surface area contributed by atoms with Crippen LogP contribution < -0.4 is 10.5 Å². The third-order valence-electron chi connectivity index (χ3n) is 2.53. The second-order valence-corrected chi connectivity index (χ2v) is 6.36. The predicted octanol–water partition coefficient (Wildman–Crippen LogP) is 1.92. The predicted molar refractivity (Wildman–Crippen MR) is 74.3 cm³/mol. The summed E-state index contributed by atoms with van der Waals surface area (Å²) in [5.41, 5.74) is 6.37. The summed E-state index contributed by atoms with van der Waals surface area (Å²) in [6.45, 7) is 3.99. The maximum absolute atomic E-state index is 12.1. The van der Waals surface area contributed by atoms with Crippen LogP contribution in [0.15, 0.2) is 23.1 Å². The van der Waals surface area contributed by atoms with E-state index in [2.05, 4.69) is 4.72 Å². The Morgan fingerprint density at radius 2 is 2.11 bits per heavy atom. The van der Waals surface area contributed by atoms with Gasteiger partial charge in [0.1, 0.15) is 4.90 Å². The largest absolute Gasteiger partial charge is 0.329 e. The minimum atomic E-state index is -3.61. The van der Waals surface area contributed by atoms with Crippen LogP contribution in [0.3, 0.4) is 0 Å². The third-order valence-corrected chi connectivity index (χ3v) is 4.60. The summed E-state index contributed by atoms with van der Waals surface area (Å²) in [7, 11) is -3.61. The van der Waals surface area contributed by atoms with Crippen molar-refractivity contribution in [2.24, 2.45) is 5.73 Å². The fraction of sp³-hybridized carbons (Fsp3) is 0.500. The maximum atomic E-state index is 12.1. The Kier molecular flexibility index (Phi) is 5.59. The van der Waals surface area contributed by atoms with Crippen LogP contribution in [0.2, 0.25) is 5.02 Å². The molecule has 0 spiro atoms. The molecule has 0 heterocycles. The first-order valence-corrected chi connectivity index (χ1v) is 7.77. The Hall–Kier alpha value is -0.620. The first kappa shape index (κ1) is 15.4. The van der Waals surface area contributed by atoms with E-state index in [-0.39, 0.29) is 22.5 Å². The smallest absolute Gasteiger partial charge is 0.242 e.